The molecule has 3 rings (SSSR count). The van der Waals surface area contributed by atoms with E-state index in [2.05, 4.69) is 34.4 Å². The molecule has 23 nitrogen and oxygen atoms in total. The standard InChI is InChI=1S/C21H36N7O16P3/c1-4-23-12(29)5-6-24-19(32)16(31)21(2,3)8-41-47(38,39)44-46(36,37)40-7-11-15(43-45(33,34)35)14(30)20(42-11)28-10-27-13-17(22)25-9-26-18(13)28/h9-11,14-16,20,30-31H,4-8H2,1-3H3,(H,23,29)(H,24,32)(H,36,37)(H,38,39)(H2,22,25,26)(H2,33,34,35)/t11-,14-,15-,16+,20-/m1/s1. The summed E-state index contributed by atoms with van der Waals surface area (Å²) in [4.78, 5) is 74.4. The van der Waals surface area contributed by atoms with E-state index >= 15 is 0 Å². The quantitative estimate of drug-likeness (QED) is 0.0828. The van der Waals surface area contributed by atoms with E-state index in [1.807, 2.05) is 0 Å². The molecule has 2 aromatic heterocycles. The first-order valence-electron chi connectivity index (χ1n) is 13.6. The van der Waals surface area contributed by atoms with Gasteiger partial charge in [-0.1, -0.05) is 13.8 Å². The van der Waals surface area contributed by atoms with Crippen molar-refractivity contribution in [2.45, 2.75) is 57.8 Å². The van der Waals surface area contributed by atoms with Crippen LogP contribution < -0.4 is 16.4 Å². The van der Waals surface area contributed by atoms with Crippen molar-refractivity contribution in [3.05, 3.63) is 12.7 Å². The molecule has 266 valence electrons. The van der Waals surface area contributed by atoms with Gasteiger partial charge in [0.1, 0.15) is 36.3 Å². The van der Waals surface area contributed by atoms with Crippen molar-refractivity contribution in [2.24, 2.45) is 5.41 Å². The van der Waals surface area contributed by atoms with Crippen molar-refractivity contribution in [1.82, 2.24) is 30.2 Å². The van der Waals surface area contributed by atoms with Gasteiger partial charge in [0.2, 0.25) is 11.8 Å². The summed E-state index contributed by atoms with van der Waals surface area (Å²) in [5.41, 5.74) is 4.31. The van der Waals surface area contributed by atoms with E-state index in [9.17, 15) is 53.1 Å². The minimum atomic E-state index is -5.53. The zero-order valence-corrected chi connectivity index (χ0v) is 27.7. The summed E-state index contributed by atoms with van der Waals surface area (Å²) < 4.78 is 61.6. The van der Waals surface area contributed by atoms with Gasteiger partial charge in [-0.2, -0.15) is 4.31 Å². The number of nitrogen functional groups attached to an aromatic ring is 1. The number of hydrogen-bond acceptors (Lipinski definition) is 16. The number of aromatic nitrogens is 4. The minimum Gasteiger partial charge on any atom is -0.386 e. The van der Waals surface area contributed by atoms with Crippen molar-refractivity contribution >= 4 is 52.3 Å². The van der Waals surface area contributed by atoms with Gasteiger partial charge in [-0.3, -0.25) is 27.7 Å². The van der Waals surface area contributed by atoms with Crippen LogP contribution in [0.1, 0.15) is 33.4 Å². The molecule has 3 heterocycles. The number of ether oxygens (including phenoxy) is 1. The largest absolute Gasteiger partial charge is 0.481 e. The monoisotopic (exact) mass is 735 g/mol. The van der Waals surface area contributed by atoms with Crippen LogP contribution in [-0.2, 0) is 45.9 Å². The maximum atomic E-state index is 12.6. The molecule has 0 spiro atoms. The number of nitrogens with zero attached hydrogens (tertiary/aromatic N) is 4. The summed E-state index contributed by atoms with van der Waals surface area (Å²) in [7, 11) is -16.3. The maximum Gasteiger partial charge on any atom is 0.481 e. The number of phosphoric acid groups is 3. The Morgan fingerprint density at radius 2 is 1.77 bits per heavy atom. The molecule has 2 amide bonds. The van der Waals surface area contributed by atoms with Crippen LogP contribution in [0.4, 0.5) is 5.82 Å². The van der Waals surface area contributed by atoms with Gasteiger partial charge in [-0.25, -0.2) is 28.6 Å². The molecule has 26 heteroatoms. The number of anilines is 1. The number of fused-ring (bicyclic) bond motifs is 1. The third-order valence-electron chi connectivity index (χ3n) is 6.45. The number of imidazole rings is 1. The summed E-state index contributed by atoms with van der Waals surface area (Å²) >= 11 is 0. The van der Waals surface area contributed by atoms with Gasteiger partial charge in [-0.05, 0) is 6.92 Å². The Hall–Kier alpha value is -2.46. The van der Waals surface area contributed by atoms with Gasteiger partial charge in [0.05, 0.1) is 19.5 Å². The van der Waals surface area contributed by atoms with E-state index < -0.39 is 78.6 Å². The summed E-state index contributed by atoms with van der Waals surface area (Å²) in [6.07, 6.45) is -6.68. The normalized spacial score (nSPS) is 23.6. The second-order valence-electron chi connectivity index (χ2n) is 10.7. The first-order valence-corrected chi connectivity index (χ1v) is 18.1. The van der Waals surface area contributed by atoms with Crippen LogP contribution >= 0.6 is 23.5 Å². The number of aliphatic hydroxyl groups excluding tert-OH is 2. The Balaban J connectivity index is 1.63. The number of phosphoric ester groups is 3. The fourth-order valence-corrected chi connectivity index (χ4v) is 6.97. The maximum absolute atomic E-state index is 12.6. The number of rotatable bonds is 17. The number of amides is 2. The van der Waals surface area contributed by atoms with Crippen LogP contribution in [0.3, 0.4) is 0 Å². The van der Waals surface area contributed by atoms with Gasteiger partial charge < -0.3 is 50.9 Å². The van der Waals surface area contributed by atoms with E-state index in [4.69, 9.17) is 19.5 Å². The Labute approximate surface area is 266 Å². The predicted octanol–water partition coefficient (Wildman–Crippen LogP) is -1.58. The molecule has 2 unspecified atom stereocenters. The third-order valence-corrected chi connectivity index (χ3v) is 9.55. The van der Waals surface area contributed by atoms with E-state index in [0.717, 1.165) is 17.2 Å². The molecule has 0 radical (unpaired) electrons. The molecule has 1 aliphatic rings. The van der Waals surface area contributed by atoms with Crippen LogP contribution in [-0.4, -0.2) is 112 Å². The van der Waals surface area contributed by atoms with Crippen LogP contribution in [0.2, 0.25) is 0 Å². The number of carbonyl (C=O) groups excluding carboxylic acids is 2. The highest BCUT2D eigenvalue weighted by atomic mass is 31.3. The number of hydrogen-bond donors (Lipinski definition) is 9. The van der Waals surface area contributed by atoms with Crippen LogP contribution in [0, 0.1) is 5.41 Å². The highest BCUT2D eigenvalue weighted by molar-refractivity contribution is 7.61. The number of nitrogens with one attached hydrogen (secondary N) is 2. The molecule has 0 aliphatic carbocycles. The Morgan fingerprint density at radius 3 is 2.40 bits per heavy atom. The van der Waals surface area contributed by atoms with Gasteiger partial charge in [0.15, 0.2) is 17.7 Å². The molecular formula is C21H36N7O16P3. The van der Waals surface area contributed by atoms with Crippen molar-refractivity contribution in [3.63, 3.8) is 0 Å². The van der Waals surface area contributed by atoms with E-state index in [0.29, 0.717) is 6.54 Å². The minimum absolute atomic E-state index is 0.0346. The van der Waals surface area contributed by atoms with Crippen LogP contribution in [0.5, 0.6) is 0 Å². The molecule has 0 bridgehead atoms. The van der Waals surface area contributed by atoms with Crippen molar-refractivity contribution in [2.75, 3.05) is 32.0 Å². The highest BCUT2D eigenvalue weighted by Crippen LogP contribution is 2.61. The predicted molar refractivity (Wildman–Crippen MR) is 155 cm³/mol. The van der Waals surface area contributed by atoms with Crippen LogP contribution in [0.15, 0.2) is 12.7 Å². The molecule has 2 aromatic rings. The Kier molecular flexibility index (Phi) is 12.8. The fourth-order valence-electron chi connectivity index (χ4n) is 4.14. The molecule has 0 aromatic carbocycles. The van der Waals surface area contributed by atoms with E-state index in [1.54, 1.807) is 6.92 Å². The zero-order chi connectivity index (χ0) is 35.4. The first-order chi connectivity index (χ1) is 21.7. The molecule has 0 saturated carbocycles. The second-order valence-corrected chi connectivity index (χ2v) is 14.9. The van der Waals surface area contributed by atoms with E-state index in [-0.39, 0.29) is 35.9 Å². The summed E-state index contributed by atoms with van der Waals surface area (Å²) in [5.74, 6) is -1.31. The Morgan fingerprint density at radius 1 is 1.11 bits per heavy atom. The third kappa shape index (κ3) is 10.8. The van der Waals surface area contributed by atoms with Crippen molar-refractivity contribution in [1.29, 1.82) is 0 Å². The van der Waals surface area contributed by atoms with Crippen molar-refractivity contribution < 1.29 is 75.7 Å². The summed E-state index contributed by atoms with van der Waals surface area (Å²) in [6, 6.07) is 0. The second kappa shape index (κ2) is 15.4. The zero-order valence-electron chi connectivity index (χ0n) is 25.1. The lowest BCUT2D eigenvalue weighted by molar-refractivity contribution is -0.137. The summed E-state index contributed by atoms with van der Waals surface area (Å²) in [6.45, 7) is 2.54. The lowest BCUT2D eigenvalue weighted by atomic mass is 9.87. The van der Waals surface area contributed by atoms with E-state index in [1.165, 1.54) is 13.8 Å². The molecular weight excluding hydrogens is 699 g/mol. The Bertz CT molecular complexity index is 1570. The average Bonchev–Trinajstić information content (AvgIpc) is 3.51. The lowest BCUT2D eigenvalue weighted by Crippen LogP contribution is -2.46. The summed E-state index contributed by atoms with van der Waals surface area (Å²) in [5, 5.41) is 26.0. The molecule has 47 heavy (non-hydrogen) atoms. The average molecular weight is 735 g/mol. The number of aliphatic hydroxyl groups is 2. The fraction of sp³-hybridized carbons (Fsp3) is 0.667. The van der Waals surface area contributed by atoms with Crippen molar-refractivity contribution in [3.8, 4) is 0 Å². The first kappa shape index (κ1) is 39.0. The lowest BCUT2D eigenvalue weighted by Gasteiger charge is -2.30. The van der Waals surface area contributed by atoms with Gasteiger partial charge >= 0.3 is 23.5 Å². The smallest absolute Gasteiger partial charge is 0.386 e. The SMILES string of the molecule is CCNC(=O)CCNC(=O)[C@H](O)C(C)(C)COP(=O)(O)OP(=O)(O)OC[C@H]1O[C@@H](n2cnc3c(N)ncnc32)[C@H](O)[C@@H]1OP(=O)(O)O. The van der Waals surface area contributed by atoms with Gasteiger partial charge in [-0.15, -0.1) is 0 Å². The molecule has 1 aliphatic heterocycles. The van der Waals surface area contributed by atoms with Gasteiger partial charge in [0, 0.05) is 24.9 Å². The number of nitrogens with two attached hydrogens (primary N) is 1. The molecule has 1 saturated heterocycles. The van der Waals surface area contributed by atoms with Gasteiger partial charge in [0.25, 0.3) is 0 Å². The molecule has 7 atom stereocenters. The van der Waals surface area contributed by atoms with Crippen LogP contribution in [0.25, 0.3) is 11.2 Å². The molecule has 1 fully saturated rings. The number of carbonyl (C=O) groups is 2. The topological polar surface area (TPSA) is 347 Å². The highest BCUT2D eigenvalue weighted by Gasteiger charge is 2.50. The molecule has 10 N–H and O–H groups in total.